The average Bonchev–Trinajstić information content (AvgIpc) is 2.39. The molecule has 0 radical (unpaired) electrons. The van der Waals surface area contributed by atoms with Gasteiger partial charge < -0.3 is 20.2 Å². The fourth-order valence-corrected chi connectivity index (χ4v) is 1.77. The largest absolute Gasteiger partial charge is 0.481 e. The predicted molar refractivity (Wildman–Crippen MR) is 84.4 cm³/mol. The molecule has 0 heterocycles. The molecular formula is C15H31N3O3. The lowest BCUT2D eigenvalue weighted by Gasteiger charge is -2.29. The van der Waals surface area contributed by atoms with E-state index in [1.54, 1.807) is 11.8 Å². The fourth-order valence-electron chi connectivity index (χ4n) is 1.77. The van der Waals surface area contributed by atoms with Gasteiger partial charge in [0.1, 0.15) is 0 Å². The molecular weight excluding hydrogens is 270 g/mol. The number of hydrogen-bond acceptors (Lipinski definition) is 3. The smallest absolute Gasteiger partial charge is 0.317 e. The summed E-state index contributed by atoms with van der Waals surface area (Å²) in [5, 5.41) is 12.0. The lowest BCUT2D eigenvalue weighted by molar-refractivity contribution is -0.147. The molecule has 0 aromatic heterocycles. The van der Waals surface area contributed by atoms with Crippen LogP contribution in [0.3, 0.4) is 0 Å². The molecule has 0 spiro atoms. The minimum atomic E-state index is -0.916. The zero-order valence-electron chi connectivity index (χ0n) is 14.3. The van der Waals surface area contributed by atoms with Gasteiger partial charge in [0.2, 0.25) is 0 Å². The van der Waals surface area contributed by atoms with Crippen LogP contribution in [0.2, 0.25) is 0 Å². The van der Waals surface area contributed by atoms with Gasteiger partial charge >= 0.3 is 12.0 Å². The first-order valence-electron chi connectivity index (χ1n) is 7.53. The van der Waals surface area contributed by atoms with E-state index in [0.29, 0.717) is 25.4 Å². The molecule has 0 saturated heterocycles. The molecule has 1 atom stereocenters. The number of carbonyl (C=O) groups is 2. The van der Waals surface area contributed by atoms with Crippen LogP contribution < -0.4 is 5.32 Å². The summed E-state index contributed by atoms with van der Waals surface area (Å²) in [5.41, 5.74) is -0.916. The van der Waals surface area contributed by atoms with E-state index in [0.717, 1.165) is 6.54 Å². The molecule has 0 aromatic rings. The summed E-state index contributed by atoms with van der Waals surface area (Å²) < 4.78 is 0. The molecule has 21 heavy (non-hydrogen) atoms. The third-order valence-electron chi connectivity index (χ3n) is 3.62. The molecule has 0 aliphatic carbocycles. The number of likely N-dealkylation sites (N-methyl/N-ethyl adjacent to an activating group) is 1. The van der Waals surface area contributed by atoms with Crippen molar-refractivity contribution in [3.05, 3.63) is 0 Å². The van der Waals surface area contributed by atoms with Crippen molar-refractivity contribution < 1.29 is 14.7 Å². The average molecular weight is 301 g/mol. The maximum absolute atomic E-state index is 12.3. The summed E-state index contributed by atoms with van der Waals surface area (Å²) in [6.07, 6.45) is 0.477. The highest BCUT2D eigenvalue weighted by Gasteiger charge is 2.32. The van der Waals surface area contributed by atoms with Gasteiger partial charge in [0.15, 0.2) is 0 Å². The van der Waals surface area contributed by atoms with E-state index in [-0.39, 0.29) is 12.6 Å². The van der Waals surface area contributed by atoms with Crippen molar-refractivity contribution in [1.82, 2.24) is 15.1 Å². The summed E-state index contributed by atoms with van der Waals surface area (Å²) in [4.78, 5) is 27.3. The summed E-state index contributed by atoms with van der Waals surface area (Å²) >= 11 is 0. The minimum absolute atomic E-state index is 0.147. The van der Waals surface area contributed by atoms with Crippen LogP contribution in [0.1, 0.15) is 34.1 Å². The number of rotatable bonds is 9. The molecule has 2 N–H and O–H groups in total. The van der Waals surface area contributed by atoms with Crippen molar-refractivity contribution in [2.75, 3.05) is 40.3 Å². The number of carboxylic acid groups (broad SMARTS) is 1. The minimum Gasteiger partial charge on any atom is -0.481 e. The molecule has 124 valence electrons. The predicted octanol–water partition coefficient (Wildman–Crippen LogP) is 1.72. The Kier molecular flexibility index (Phi) is 8.32. The number of nitrogens with one attached hydrogen (secondary N) is 1. The highest BCUT2D eigenvalue weighted by atomic mass is 16.4. The normalized spacial score (nSPS) is 14.1. The van der Waals surface area contributed by atoms with Crippen molar-refractivity contribution in [3.63, 3.8) is 0 Å². The van der Waals surface area contributed by atoms with Gasteiger partial charge in [-0.2, -0.15) is 0 Å². The molecule has 1 unspecified atom stereocenters. The van der Waals surface area contributed by atoms with Gasteiger partial charge in [-0.3, -0.25) is 4.79 Å². The number of carbonyl (C=O) groups excluding carboxylic acids is 1. The summed E-state index contributed by atoms with van der Waals surface area (Å²) in [7, 11) is 3.92. The maximum atomic E-state index is 12.3. The first-order valence-corrected chi connectivity index (χ1v) is 7.53. The quantitative estimate of drug-likeness (QED) is 0.680. The third kappa shape index (κ3) is 7.32. The van der Waals surface area contributed by atoms with Crippen molar-refractivity contribution in [2.45, 2.75) is 34.1 Å². The molecule has 0 fully saturated rings. The second kappa shape index (κ2) is 8.87. The Labute approximate surface area is 128 Å². The monoisotopic (exact) mass is 301 g/mol. The molecule has 6 heteroatoms. The van der Waals surface area contributed by atoms with Gasteiger partial charge in [-0.15, -0.1) is 0 Å². The second-order valence-electron chi connectivity index (χ2n) is 6.52. The molecule has 0 rings (SSSR count). The van der Waals surface area contributed by atoms with Gasteiger partial charge in [0.25, 0.3) is 0 Å². The Balaban J connectivity index is 4.62. The van der Waals surface area contributed by atoms with Crippen molar-refractivity contribution >= 4 is 12.0 Å². The molecule has 2 amide bonds. The number of urea groups is 1. The Morgan fingerprint density at radius 1 is 1.24 bits per heavy atom. The first-order chi connectivity index (χ1) is 9.62. The topological polar surface area (TPSA) is 72.9 Å². The van der Waals surface area contributed by atoms with Gasteiger partial charge in [-0.25, -0.2) is 4.79 Å². The Morgan fingerprint density at radius 2 is 1.81 bits per heavy atom. The van der Waals surface area contributed by atoms with Gasteiger partial charge in [-0.05, 0) is 33.4 Å². The van der Waals surface area contributed by atoms with E-state index in [4.69, 9.17) is 0 Å². The van der Waals surface area contributed by atoms with Crippen LogP contribution in [-0.2, 0) is 4.79 Å². The second-order valence-corrected chi connectivity index (χ2v) is 6.52. The van der Waals surface area contributed by atoms with Crippen molar-refractivity contribution in [1.29, 1.82) is 0 Å². The van der Waals surface area contributed by atoms with Crippen molar-refractivity contribution in [3.8, 4) is 0 Å². The highest BCUT2D eigenvalue weighted by molar-refractivity contribution is 5.77. The number of hydrogen-bond donors (Lipinski definition) is 2. The standard InChI is InChI=1S/C15H31N3O3/c1-7-15(4,13(19)20)11-16-14(21)18(10-12(2)3)9-8-17(5)6/h12H,7-11H2,1-6H3,(H,16,21)(H,19,20). The number of carboxylic acids is 1. The van der Waals surface area contributed by atoms with Crippen molar-refractivity contribution in [2.24, 2.45) is 11.3 Å². The number of aliphatic carboxylic acids is 1. The fraction of sp³-hybridized carbons (Fsp3) is 0.867. The van der Waals surface area contributed by atoms with E-state index in [1.807, 2.05) is 25.9 Å². The number of nitrogens with zero attached hydrogens (tertiary/aromatic N) is 2. The Bertz CT molecular complexity index is 345. The molecule has 0 aromatic carbocycles. The van der Waals surface area contributed by atoms with Crippen LogP contribution in [0.25, 0.3) is 0 Å². The molecule has 0 saturated carbocycles. The van der Waals surface area contributed by atoms with Crippen LogP contribution in [0.5, 0.6) is 0 Å². The zero-order valence-corrected chi connectivity index (χ0v) is 14.3. The van der Waals surface area contributed by atoms with Gasteiger partial charge in [-0.1, -0.05) is 20.8 Å². The Hall–Kier alpha value is -1.30. The zero-order chi connectivity index (χ0) is 16.6. The highest BCUT2D eigenvalue weighted by Crippen LogP contribution is 2.20. The van der Waals surface area contributed by atoms with E-state index < -0.39 is 11.4 Å². The van der Waals surface area contributed by atoms with E-state index in [1.165, 1.54) is 0 Å². The van der Waals surface area contributed by atoms with Crippen LogP contribution in [0.4, 0.5) is 4.79 Å². The lowest BCUT2D eigenvalue weighted by atomic mass is 9.88. The molecule has 0 aliphatic heterocycles. The SMILES string of the molecule is CCC(C)(CNC(=O)N(CCN(C)C)CC(C)C)C(=O)O. The van der Waals surface area contributed by atoms with Gasteiger partial charge in [0, 0.05) is 26.2 Å². The third-order valence-corrected chi connectivity index (χ3v) is 3.62. The van der Waals surface area contributed by atoms with E-state index in [2.05, 4.69) is 19.2 Å². The summed E-state index contributed by atoms with van der Waals surface area (Å²) in [6, 6.07) is -0.188. The van der Waals surface area contributed by atoms with E-state index in [9.17, 15) is 14.7 Å². The molecule has 0 bridgehead atoms. The molecule has 0 aliphatic rings. The molecule has 6 nitrogen and oxygen atoms in total. The van der Waals surface area contributed by atoms with Crippen LogP contribution in [0, 0.1) is 11.3 Å². The van der Waals surface area contributed by atoms with Crippen LogP contribution >= 0.6 is 0 Å². The summed E-state index contributed by atoms with van der Waals surface area (Å²) in [5.74, 6) is -0.510. The van der Waals surface area contributed by atoms with Crippen LogP contribution in [0.15, 0.2) is 0 Å². The van der Waals surface area contributed by atoms with Gasteiger partial charge in [0.05, 0.1) is 5.41 Å². The lowest BCUT2D eigenvalue weighted by Crippen LogP contribution is -2.48. The van der Waals surface area contributed by atoms with E-state index >= 15 is 0 Å². The first kappa shape index (κ1) is 19.7. The van der Waals surface area contributed by atoms with Crippen LogP contribution in [-0.4, -0.2) is 67.2 Å². The summed E-state index contributed by atoms with van der Waals surface area (Å²) in [6.45, 7) is 9.81. The Morgan fingerprint density at radius 3 is 2.19 bits per heavy atom. The maximum Gasteiger partial charge on any atom is 0.317 e. The number of amides is 2.